The van der Waals surface area contributed by atoms with Gasteiger partial charge in [0.15, 0.2) is 0 Å². The Hall–Kier alpha value is -1.10. The number of hydrogen-bond acceptors (Lipinski definition) is 4. The molecule has 0 aliphatic heterocycles. The van der Waals surface area contributed by atoms with E-state index in [9.17, 15) is 5.11 Å². The van der Waals surface area contributed by atoms with E-state index < -0.39 is 6.10 Å². The van der Waals surface area contributed by atoms with Gasteiger partial charge in [-0.2, -0.15) is 0 Å². The van der Waals surface area contributed by atoms with E-state index in [-0.39, 0.29) is 0 Å². The molecule has 0 saturated heterocycles. The average molecular weight is 294 g/mol. The summed E-state index contributed by atoms with van der Waals surface area (Å²) in [5.74, 6) is 0.748. The van der Waals surface area contributed by atoms with E-state index >= 15 is 0 Å². The van der Waals surface area contributed by atoms with Gasteiger partial charge in [0.05, 0.1) is 13.2 Å². The van der Waals surface area contributed by atoms with Crippen LogP contribution < -0.4 is 10.1 Å². The summed E-state index contributed by atoms with van der Waals surface area (Å²) in [6, 6.07) is 5.89. The Labute approximate surface area is 129 Å². The molecule has 2 N–H and O–H groups in total. The number of hydrogen-bond donors (Lipinski definition) is 2. The number of nitrogens with one attached hydrogen (secondary N) is 1. The Kier molecular flexibility index (Phi) is 8.35. The Morgan fingerprint density at radius 3 is 2.62 bits per heavy atom. The van der Waals surface area contributed by atoms with Crippen molar-refractivity contribution in [3.05, 3.63) is 29.3 Å². The normalized spacial score (nSPS) is 12.7. The van der Waals surface area contributed by atoms with Crippen LogP contribution in [0.2, 0.25) is 0 Å². The van der Waals surface area contributed by atoms with Gasteiger partial charge >= 0.3 is 0 Å². The third-order valence-electron chi connectivity index (χ3n) is 3.80. The number of rotatable bonds is 10. The molecule has 1 unspecified atom stereocenters. The topological polar surface area (TPSA) is 44.7 Å². The molecule has 0 aliphatic rings. The van der Waals surface area contributed by atoms with Crippen LogP contribution in [0.3, 0.4) is 0 Å². The summed E-state index contributed by atoms with van der Waals surface area (Å²) in [5, 5.41) is 13.6. The molecular formula is C17H30N2O2. The Bertz CT molecular complexity index is 406. The molecule has 1 aromatic rings. The summed E-state index contributed by atoms with van der Waals surface area (Å²) < 4.78 is 5.32. The summed E-state index contributed by atoms with van der Waals surface area (Å²) >= 11 is 0. The smallest absolute Gasteiger partial charge is 0.124 e. The van der Waals surface area contributed by atoms with Gasteiger partial charge in [0.1, 0.15) is 5.75 Å². The second-order valence-corrected chi connectivity index (χ2v) is 5.35. The van der Waals surface area contributed by atoms with Gasteiger partial charge in [-0.25, -0.2) is 0 Å². The first-order chi connectivity index (χ1) is 10.1. The fourth-order valence-corrected chi connectivity index (χ4v) is 2.43. The van der Waals surface area contributed by atoms with E-state index in [0.717, 1.165) is 49.5 Å². The van der Waals surface area contributed by atoms with Gasteiger partial charge in [-0.05, 0) is 51.7 Å². The lowest BCUT2D eigenvalue weighted by atomic mass is 10.1. The predicted molar refractivity (Wildman–Crippen MR) is 88.0 cm³/mol. The second-order valence-electron chi connectivity index (χ2n) is 5.35. The highest BCUT2D eigenvalue weighted by atomic mass is 16.5. The molecule has 0 saturated carbocycles. The molecule has 120 valence electrons. The van der Waals surface area contributed by atoms with Crippen molar-refractivity contribution in [1.29, 1.82) is 0 Å². The SMILES string of the molecule is CCN(CC)CCCNCC(O)c1cc(C)ccc1OC. The highest BCUT2D eigenvalue weighted by molar-refractivity contribution is 5.38. The molecule has 0 spiro atoms. The Morgan fingerprint density at radius 2 is 2.00 bits per heavy atom. The minimum atomic E-state index is -0.534. The third-order valence-corrected chi connectivity index (χ3v) is 3.80. The van der Waals surface area contributed by atoms with E-state index in [1.165, 1.54) is 0 Å². The van der Waals surface area contributed by atoms with Crippen molar-refractivity contribution >= 4 is 0 Å². The molecule has 0 amide bonds. The molecule has 4 heteroatoms. The fourth-order valence-electron chi connectivity index (χ4n) is 2.43. The largest absolute Gasteiger partial charge is 0.496 e. The van der Waals surface area contributed by atoms with Gasteiger partial charge in [0.25, 0.3) is 0 Å². The molecule has 0 bridgehead atoms. The number of aryl methyl sites for hydroxylation is 1. The lowest BCUT2D eigenvalue weighted by Gasteiger charge is -2.19. The number of nitrogens with zero attached hydrogens (tertiary/aromatic N) is 1. The van der Waals surface area contributed by atoms with Crippen LogP contribution in [0, 0.1) is 6.92 Å². The van der Waals surface area contributed by atoms with Gasteiger partial charge in [0.2, 0.25) is 0 Å². The molecule has 21 heavy (non-hydrogen) atoms. The van der Waals surface area contributed by atoms with Gasteiger partial charge in [-0.15, -0.1) is 0 Å². The van der Waals surface area contributed by atoms with Crippen LogP contribution in [0.15, 0.2) is 18.2 Å². The minimum absolute atomic E-state index is 0.534. The highest BCUT2D eigenvalue weighted by Gasteiger charge is 2.13. The quantitative estimate of drug-likeness (QED) is 0.650. The van der Waals surface area contributed by atoms with Crippen molar-refractivity contribution in [1.82, 2.24) is 10.2 Å². The summed E-state index contributed by atoms with van der Waals surface area (Å²) in [7, 11) is 1.64. The highest BCUT2D eigenvalue weighted by Crippen LogP contribution is 2.25. The minimum Gasteiger partial charge on any atom is -0.496 e. The van der Waals surface area contributed by atoms with Crippen LogP contribution >= 0.6 is 0 Å². The van der Waals surface area contributed by atoms with Gasteiger partial charge in [0, 0.05) is 12.1 Å². The molecule has 1 rings (SSSR count). The number of methoxy groups -OCH3 is 1. The summed E-state index contributed by atoms with van der Waals surface area (Å²) in [6.45, 7) is 11.2. The van der Waals surface area contributed by atoms with Crippen LogP contribution in [0.25, 0.3) is 0 Å². The monoisotopic (exact) mass is 294 g/mol. The summed E-state index contributed by atoms with van der Waals surface area (Å²) in [5.41, 5.74) is 1.99. The van der Waals surface area contributed by atoms with Crippen LogP contribution in [-0.2, 0) is 0 Å². The Balaban J connectivity index is 2.37. The van der Waals surface area contributed by atoms with Gasteiger partial charge in [-0.3, -0.25) is 0 Å². The molecule has 0 heterocycles. The van der Waals surface area contributed by atoms with Crippen molar-refractivity contribution in [3.63, 3.8) is 0 Å². The van der Waals surface area contributed by atoms with E-state index in [2.05, 4.69) is 24.1 Å². The van der Waals surface area contributed by atoms with E-state index in [4.69, 9.17) is 4.74 Å². The predicted octanol–water partition coefficient (Wildman–Crippen LogP) is 2.36. The van der Waals surface area contributed by atoms with Gasteiger partial charge in [-0.1, -0.05) is 25.5 Å². The molecule has 4 nitrogen and oxygen atoms in total. The van der Waals surface area contributed by atoms with Crippen molar-refractivity contribution in [3.8, 4) is 5.75 Å². The molecular weight excluding hydrogens is 264 g/mol. The molecule has 0 radical (unpaired) electrons. The van der Waals surface area contributed by atoms with Crippen molar-refractivity contribution in [2.24, 2.45) is 0 Å². The molecule has 1 aromatic carbocycles. The molecule has 1 atom stereocenters. The van der Waals surface area contributed by atoms with Crippen LogP contribution in [0.5, 0.6) is 5.75 Å². The number of aliphatic hydroxyl groups is 1. The molecule has 0 fully saturated rings. The summed E-state index contributed by atoms with van der Waals surface area (Å²) in [6.07, 6.45) is 0.563. The molecule has 0 aromatic heterocycles. The zero-order chi connectivity index (χ0) is 15.7. The number of benzene rings is 1. The number of ether oxygens (including phenoxy) is 1. The van der Waals surface area contributed by atoms with Crippen LogP contribution in [0.4, 0.5) is 0 Å². The first kappa shape index (κ1) is 18.0. The second kappa shape index (κ2) is 9.77. The fraction of sp³-hybridized carbons (Fsp3) is 0.647. The van der Waals surface area contributed by atoms with Crippen molar-refractivity contribution in [2.75, 3.05) is 39.8 Å². The molecule has 0 aliphatic carbocycles. The Morgan fingerprint density at radius 1 is 1.29 bits per heavy atom. The van der Waals surface area contributed by atoms with E-state index in [1.807, 2.05) is 25.1 Å². The summed E-state index contributed by atoms with van der Waals surface area (Å²) in [4.78, 5) is 2.40. The van der Waals surface area contributed by atoms with E-state index in [1.54, 1.807) is 7.11 Å². The van der Waals surface area contributed by atoms with E-state index in [0.29, 0.717) is 6.54 Å². The van der Waals surface area contributed by atoms with Crippen LogP contribution in [-0.4, -0.2) is 49.8 Å². The zero-order valence-electron chi connectivity index (χ0n) is 13.9. The maximum atomic E-state index is 10.3. The number of aliphatic hydroxyl groups excluding tert-OH is 1. The first-order valence-corrected chi connectivity index (χ1v) is 7.88. The van der Waals surface area contributed by atoms with Crippen molar-refractivity contribution in [2.45, 2.75) is 33.3 Å². The lowest BCUT2D eigenvalue weighted by molar-refractivity contribution is 0.169. The van der Waals surface area contributed by atoms with Crippen molar-refractivity contribution < 1.29 is 9.84 Å². The maximum Gasteiger partial charge on any atom is 0.124 e. The first-order valence-electron chi connectivity index (χ1n) is 7.88. The maximum absolute atomic E-state index is 10.3. The third kappa shape index (κ3) is 6.04. The average Bonchev–Trinajstić information content (AvgIpc) is 2.50. The zero-order valence-corrected chi connectivity index (χ0v) is 13.9. The van der Waals surface area contributed by atoms with Crippen LogP contribution in [0.1, 0.15) is 37.5 Å². The standard InChI is InChI=1S/C17H30N2O2/c1-5-19(6-2)11-7-10-18-13-16(20)15-12-14(3)8-9-17(15)21-4/h8-9,12,16,18,20H,5-7,10-11,13H2,1-4H3. The lowest BCUT2D eigenvalue weighted by Crippen LogP contribution is -2.29. The van der Waals surface area contributed by atoms with Gasteiger partial charge < -0.3 is 20.1 Å².